The summed E-state index contributed by atoms with van der Waals surface area (Å²) in [6.45, 7) is 26.2. The van der Waals surface area contributed by atoms with Crippen molar-refractivity contribution in [3.63, 3.8) is 0 Å². The minimum atomic E-state index is -0.0594. The predicted octanol–water partition coefficient (Wildman–Crippen LogP) is 12.2. The average Bonchev–Trinajstić information content (AvgIpc) is 3.96. The first-order valence-electron chi connectivity index (χ1n) is 24.7. The second-order valence-corrected chi connectivity index (χ2v) is 17.9. The summed E-state index contributed by atoms with van der Waals surface area (Å²) in [7, 11) is 3.32. The maximum Gasteiger partial charge on any atom is 0.276 e. The number of ether oxygens (including phenoxy) is 4. The van der Waals surface area contributed by atoms with Crippen LogP contribution in [0.5, 0.6) is 23.1 Å². The lowest BCUT2D eigenvalue weighted by atomic mass is 10.1. The summed E-state index contributed by atoms with van der Waals surface area (Å²) in [6.07, 6.45) is 0. The van der Waals surface area contributed by atoms with Crippen LogP contribution in [-0.2, 0) is 7.05 Å². The second-order valence-electron chi connectivity index (χ2n) is 17.9. The maximum absolute atomic E-state index is 12.5. The first kappa shape index (κ1) is 51.1. The van der Waals surface area contributed by atoms with Crippen LogP contribution >= 0.6 is 0 Å². The Balaban J connectivity index is 0.000000147. The Labute approximate surface area is 426 Å². The zero-order chi connectivity index (χ0) is 52.2. The van der Waals surface area contributed by atoms with Gasteiger partial charge in [-0.05, 0) is 161 Å². The van der Waals surface area contributed by atoms with Crippen molar-refractivity contribution in [2.75, 3.05) is 26.9 Å². The second kappa shape index (κ2) is 21.6. The molecule has 0 aliphatic heterocycles. The molecular formula is C59H65N9O5. The van der Waals surface area contributed by atoms with E-state index in [0.717, 1.165) is 107 Å². The molecule has 0 unspecified atom stereocenters. The highest BCUT2D eigenvalue weighted by molar-refractivity contribution is 6.02. The molecule has 73 heavy (non-hydrogen) atoms. The molecule has 0 radical (unpaired) electrons. The Morgan fingerprint density at radius 2 is 0.795 bits per heavy atom. The van der Waals surface area contributed by atoms with Gasteiger partial charge in [-0.15, -0.1) is 5.10 Å². The highest BCUT2D eigenvalue weighted by Gasteiger charge is 2.23. The van der Waals surface area contributed by atoms with Crippen molar-refractivity contribution in [3.05, 3.63) is 165 Å². The molecule has 0 bridgehead atoms. The van der Waals surface area contributed by atoms with Crippen LogP contribution in [0, 0.1) is 62.3 Å². The Kier molecular flexibility index (Phi) is 15.1. The lowest BCUT2D eigenvalue weighted by Crippen LogP contribution is -2.20. The minimum Gasteiger partial charge on any atom is -0.494 e. The summed E-state index contributed by atoms with van der Waals surface area (Å²) < 4.78 is 30.1. The summed E-state index contributed by atoms with van der Waals surface area (Å²) in [5.41, 5.74) is 14.5. The molecule has 376 valence electrons. The van der Waals surface area contributed by atoms with Crippen molar-refractivity contribution in [3.8, 4) is 51.4 Å². The zero-order valence-electron chi connectivity index (χ0n) is 44.5. The number of aromatic nitrogens is 9. The Bertz CT molecular complexity index is 3650. The maximum atomic E-state index is 12.5. The molecule has 14 nitrogen and oxygen atoms in total. The van der Waals surface area contributed by atoms with Crippen molar-refractivity contribution in [2.45, 2.75) is 83.1 Å². The lowest BCUT2D eigenvalue weighted by molar-refractivity contribution is 0.340. The van der Waals surface area contributed by atoms with E-state index in [-0.39, 0.29) is 5.56 Å². The number of hydrogen-bond acceptors (Lipinski definition) is 10. The third kappa shape index (κ3) is 9.64. The van der Waals surface area contributed by atoms with E-state index in [1.807, 2.05) is 117 Å². The summed E-state index contributed by atoms with van der Waals surface area (Å²) in [6, 6.07) is 34.8. The van der Waals surface area contributed by atoms with Crippen LogP contribution in [0.1, 0.15) is 72.0 Å². The molecule has 0 fully saturated rings. The smallest absolute Gasteiger partial charge is 0.276 e. The number of fused-ring (bicyclic) bond motifs is 3. The highest BCUT2D eigenvalue weighted by atomic mass is 16.5. The van der Waals surface area contributed by atoms with Gasteiger partial charge in [0.15, 0.2) is 0 Å². The van der Waals surface area contributed by atoms with E-state index < -0.39 is 0 Å². The molecule has 0 aliphatic rings. The quantitative estimate of drug-likeness (QED) is 0.123. The molecule has 4 aromatic carbocycles. The van der Waals surface area contributed by atoms with Crippen LogP contribution in [0.4, 0.5) is 0 Å². The largest absolute Gasteiger partial charge is 0.494 e. The summed E-state index contributed by atoms with van der Waals surface area (Å²) >= 11 is 0. The van der Waals surface area contributed by atoms with Crippen LogP contribution in [0.15, 0.2) is 108 Å². The van der Waals surface area contributed by atoms with E-state index in [0.29, 0.717) is 25.7 Å². The average molecular weight is 980 g/mol. The third-order valence-electron chi connectivity index (χ3n) is 13.3. The Hall–Kier alpha value is -8.26. The molecule has 0 saturated heterocycles. The first-order chi connectivity index (χ1) is 35.1. The van der Waals surface area contributed by atoms with Crippen molar-refractivity contribution in [1.82, 2.24) is 43.9 Å². The van der Waals surface area contributed by atoms with Gasteiger partial charge in [0, 0.05) is 74.1 Å². The van der Waals surface area contributed by atoms with Crippen molar-refractivity contribution in [2.24, 2.45) is 7.05 Å². The topological polar surface area (TPSA) is 138 Å². The molecule has 0 saturated carbocycles. The highest BCUT2D eigenvalue weighted by Crippen LogP contribution is 2.39. The number of methoxy groups -OCH3 is 1. The van der Waals surface area contributed by atoms with Gasteiger partial charge >= 0.3 is 0 Å². The predicted molar refractivity (Wildman–Crippen MR) is 292 cm³/mol. The SMILES string of the molecule is CCOc1ccc(-n2c(C)c3c(C)nn(C)c(=O)c3c2C)cc1.CCOc1ccc(-n2c(C)c3c(C)nnc(C)c3c2-c2ccccc2)cc1.CCOc1ccc(-n2c(C)c3c(C)nnc(OC)c3c2C)cc1. The van der Waals surface area contributed by atoms with Gasteiger partial charge < -0.3 is 32.6 Å². The van der Waals surface area contributed by atoms with Gasteiger partial charge in [-0.25, -0.2) is 4.68 Å². The molecule has 10 rings (SSSR count). The first-order valence-corrected chi connectivity index (χ1v) is 24.7. The normalized spacial score (nSPS) is 11.1. The number of aryl methyl sites for hydroxylation is 10. The monoisotopic (exact) mass is 980 g/mol. The van der Waals surface area contributed by atoms with E-state index in [4.69, 9.17) is 18.9 Å². The van der Waals surface area contributed by atoms with Crippen LogP contribution in [0.3, 0.4) is 0 Å². The van der Waals surface area contributed by atoms with E-state index in [2.05, 4.69) is 108 Å². The Morgan fingerprint density at radius 3 is 1.25 bits per heavy atom. The fourth-order valence-corrected chi connectivity index (χ4v) is 10.2. The molecule has 0 atom stereocenters. The van der Waals surface area contributed by atoms with Crippen LogP contribution < -0.4 is 24.5 Å². The molecule has 0 amide bonds. The molecule has 10 aromatic rings. The van der Waals surface area contributed by atoms with Gasteiger partial charge in [-0.1, -0.05) is 30.3 Å². The molecule has 6 aromatic heterocycles. The molecule has 6 heterocycles. The number of hydrogen-bond donors (Lipinski definition) is 0. The molecule has 0 spiro atoms. The van der Waals surface area contributed by atoms with E-state index in [1.54, 1.807) is 14.2 Å². The standard InChI is InChI=1S/C23H23N3O.2C18H21N3O2/c1-5-27-20-13-11-19(12-14-20)26-17(4)21-15(2)24-25-16(3)22(21)23(26)18-9-7-6-8-10-18;1-6-23-15-9-7-14(8-10-15)21-12(3)16-11(2)19-20-18(22-5)17(16)13(21)4;1-6-23-15-9-7-14(8-10-15)21-12(3)16-11(2)19-20(5)18(22)17(16)13(21)4/h6-14H,5H2,1-4H3;2*7-10H,6H2,1-5H3. The van der Waals surface area contributed by atoms with Gasteiger partial charge in [0.2, 0.25) is 5.88 Å². The molecular weight excluding hydrogens is 915 g/mol. The lowest BCUT2D eigenvalue weighted by Gasteiger charge is -2.13. The summed E-state index contributed by atoms with van der Waals surface area (Å²) in [4.78, 5) is 12.5. The van der Waals surface area contributed by atoms with Crippen LogP contribution in [0.25, 0.3) is 60.6 Å². The van der Waals surface area contributed by atoms with Gasteiger partial charge in [0.1, 0.15) is 17.2 Å². The number of benzene rings is 4. The van der Waals surface area contributed by atoms with E-state index >= 15 is 0 Å². The molecule has 0 aliphatic carbocycles. The van der Waals surface area contributed by atoms with Gasteiger partial charge in [0.05, 0.1) is 66.2 Å². The van der Waals surface area contributed by atoms with Crippen LogP contribution in [0.2, 0.25) is 0 Å². The van der Waals surface area contributed by atoms with Crippen molar-refractivity contribution in [1.29, 1.82) is 0 Å². The zero-order valence-corrected chi connectivity index (χ0v) is 44.5. The third-order valence-corrected chi connectivity index (χ3v) is 13.3. The minimum absolute atomic E-state index is 0.0594. The van der Waals surface area contributed by atoms with E-state index in [1.165, 1.54) is 26.7 Å². The van der Waals surface area contributed by atoms with Gasteiger partial charge in [-0.2, -0.15) is 20.4 Å². The fraction of sp³-hybridized carbons (Fsp3) is 0.288. The fourth-order valence-electron chi connectivity index (χ4n) is 10.2. The molecule has 0 N–H and O–H groups in total. The van der Waals surface area contributed by atoms with E-state index in [9.17, 15) is 4.79 Å². The van der Waals surface area contributed by atoms with Gasteiger partial charge in [-0.3, -0.25) is 4.79 Å². The number of nitrogens with zero attached hydrogens (tertiary/aromatic N) is 9. The summed E-state index contributed by atoms with van der Waals surface area (Å²) in [5.74, 6) is 3.17. The van der Waals surface area contributed by atoms with Crippen molar-refractivity contribution >= 4 is 32.3 Å². The summed E-state index contributed by atoms with van der Waals surface area (Å²) in [5, 5.41) is 27.6. The molecule has 14 heteroatoms. The van der Waals surface area contributed by atoms with Crippen molar-refractivity contribution < 1.29 is 18.9 Å². The van der Waals surface area contributed by atoms with Crippen LogP contribution in [-0.4, -0.2) is 70.8 Å². The number of rotatable bonds is 11. The Morgan fingerprint density at radius 1 is 0.425 bits per heavy atom. The van der Waals surface area contributed by atoms with Gasteiger partial charge in [0.25, 0.3) is 5.56 Å².